The summed E-state index contributed by atoms with van der Waals surface area (Å²) in [5, 5.41) is 2.21. The molecule has 110 valence electrons. The summed E-state index contributed by atoms with van der Waals surface area (Å²) in [4.78, 5) is 13.8. The summed E-state index contributed by atoms with van der Waals surface area (Å²) in [6.45, 7) is 1.48. The minimum atomic E-state index is -3.33. The maximum Gasteiger partial charge on any atom is 0.224 e. The average molecular weight is 296 g/mol. The maximum absolute atomic E-state index is 12.1. The van der Waals surface area contributed by atoms with Gasteiger partial charge in [-0.1, -0.05) is 12.1 Å². The van der Waals surface area contributed by atoms with Gasteiger partial charge in [0.25, 0.3) is 0 Å². The summed E-state index contributed by atoms with van der Waals surface area (Å²) >= 11 is 0. The molecule has 1 unspecified atom stereocenters. The van der Waals surface area contributed by atoms with Gasteiger partial charge < -0.3 is 10.2 Å². The van der Waals surface area contributed by atoms with Crippen LogP contribution >= 0.6 is 0 Å². The predicted molar refractivity (Wildman–Crippen MR) is 79.4 cm³/mol. The molecule has 1 saturated heterocycles. The van der Waals surface area contributed by atoms with Crippen LogP contribution in [0.5, 0.6) is 0 Å². The highest BCUT2D eigenvalue weighted by Gasteiger charge is 2.30. The zero-order chi connectivity index (χ0) is 14.8. The summed E-state index contributed by atoms with van der Waals surface area (Å²) in [7, 11) is -1.55. The fourth-order valence-electron chi connectivity index (χ4n) is 2.26. The molecule has 0 radical (unpaired) electrons. The molecule has 1 aromatic rings. The Kier molecular flexibility index (Phi) is 4.32. The summed E-state index contributed by atoms with van der Waals surface area (Å²) in [5.41, 5.74) is 1.50. The highest BCUT2D eigenvalue weighted by atomic mass is 32.2. The lowest BCUT2D eigenvalue weighted by molar-refractivity contribution is -0.134. The quantitative estimate of drug-likeness (QED) is 0.893. The van der Waals surface area contributed by atoms with Gasteiger partial charge in [-0.05, 0) is 24.1 Å². The molecule has 1 aliphatic heterocycles. The molecule has 1 atom stereocenters. The Morgan fingerprint density at radius 1 is 1.40 bits per heavy atom. The standard InChI is InChI=1S/C14H20N2O3S/c1-15-12-6-3-5-11(9-12)13(20(2,18)19)10-14(17)16-7-4-8-16/h3,5-6,9,13,15H,4,7-8,10H2,1-2H3. The van der Waals surface area contributed by atoms with E-state index in [2.05, 4.69) is 5.32 Å². The number of rotatable bonds is 5. The summed E-state index contributed by atoms with van der Waals surface area (Å²) < 4.78 is 24.0. The van der Waals surface area contributed by atoms with Crippen molar-refractivity contribution >= 4 is 21.4 Å². The van der Waals surface area contributed by atoms with Gasteiger partial charge in [0.2, 0.25) is 5.91 Å². The average Bonchev–Trinajstić information content (AvgIpc) is 2.32. The van der Waals surface area contributed by atoms with Gasteiger partial charge >= 0.3 is 0 Å². The topological polar surface area (TPSA) is 66.5 Å². The minimum Gasteiger partial charge on any atom is -0.388 e. The van der Waals surface area contributed by atoms with Crippen molar-refractivity contribution in [2.75, 3.05) is 31.7 Å². The highest BCUT2D eigenvalue weighted by Crippen LogP contribution is 2.28. The first kappa shape index (κ1) is 14.8. The number of nitrogens with one attached hydrogen (secondary N) is 1. The molecule has 0 aromatic heterocycles. The molecular formula is C14H20N2O3S. The van der Waals surface area contributed by atoms with E-state index in [4.69, 9.17) is 0 Å². The third-order valence-corrected chi connectivity index (χ3v) is 5.11. The zero-order valence-corrected chi connectivity index (χ0v) is 12.6. The molecule has 0 spiro atoms. The van der Waals surface area contributed by atoms with Gasteiger partial charge in [0.1, 0.15) is 0 Å². The lowest BCUT2D eigenvalue weighted by atomic mass is 10.1. The smallest absolute Gasteiger partial charge is 0.224 e. The van der Waals surface area contributed by atoms with Crippen LogP contribution in [0.2, 0.25) is 0 Å². The number of amides is 1. The van der Waals surface area contributed by atoms with E-state index in [0.717, 1.165) is 25.2 Å². The second-order valence-electron chi connectivity index (χ2n) is 5.13. The molecule has 6 heteroatoms. The largest absolute Gasteiger partial charge is 0.388 e. The third kappa shape index (κ3) is 3.30. The van der Waals surface area contributed by atoms with E-state index in [0.29, 0.717) is 5.56 Å². The van der Waals surface area contributed by atoms with Gasteiger partial charge in [0.15, 0.2) is 9.84 Å². The Labute approximate surface area is 119 Å². The summed E-state index contributed by atoms with van der Waals surface area (Å²) in [6.07, 6.45) is 2.21. The molecular weight excluding hydrogens is 276 g/mol. The molecule has 0 bridgehead atoms. The Balaban J connectivity index is 2.25. The molecule has 1 aromatic carbocycles. The number of likely N-dealkylation sites (tertiary alicyclic amines) is 1. The number of carbonyl (C=O) groups excluding carboxylic acids is 1. The number of hydrogen-bond acceptors (Lipinski definition) is 4. The van der Waals surface area contributed by atoms with Gasteiger partial charge in [0.05, 0.1) is 5.25 Å². The van der Waals surface area contributed by atoms with Crippen molar-refractivity contribution in [1.29, 1.82) is 0 Å². The van der Waals surface area contributed by atoms with Crippen molar-refractivity contribution < 1.29 is 13.2 Å². The van der Waals surface area contributed by atoms with E-state index in [-0.39, 0.29) is 12.3 Å². The predicted octanol–water partition coefficient (Wildman–Crippen LogP) is 1.44. The number of carbonyl (C=O) groups is 1. The molecule has 5 nitrogen and oxygen atoms in total. The normalized spacial score (nSPS) is 16.4. The molecule has 1 aliphatic rings. The molecule has 0 aliphatic carbocycles. The molecule has 1 heterocycles. The van der Waals surface area contributed by atoms with Crippen LogP contribution in [-0.2, 0) is 14.6 Å². The van der Waals surface area contributed by atoms with Gasteiger partial charge in [0, 0.05) is 38.5 Å². The second kappa shape index (κ2) is 5.83. The first-order valence-corrected chi connectivity index (χ1v) is 8.61. The van der Waals surface area contributed by atoms with E-state index in [1.165, 1.54) is 6.26 Å². The molecule has 2 rings (SSSR count). The first-order valence-electron chi connectivity index (χ1n) is 6.66. The molecule has 1 N–H and O–H groups in total. The molecule has 20 heavy (non-hydrogen) atoms. The Morgan fingerprint density at radius 2 is 2.10 bits per heavy atom. The van der Waals surface area contributed by atoms with E-state index in [9.17, 15) is 13.2 Å². The Hall–Kier alpha value is -1.56. The van der Waals surface area contributed by atoms with Crippen LogP contribution < -0.4 is 5.32 Å². The van der Waals surface area contributed by atoms with Crippen LogP contribution in [-0.4, -0.2) is 45.6 Å². The van der Waals surface area contributed by atoms with Crippen LogP contribution in [0, 0.1) is 0 Å². The molecule has 0 saturated carbocycles. The van der Waals surface area contributed by atoms with Crippen LogP contribution in [0.25, 0.3) is 0 Å². The monoisotopic (exact) mass is 296 g/mol. The van der Waals surface area contributed by atoms with Crippen molar-refractivity contribution in [2.45, 2.75) is 18.1 Å². The van der Waals surface area contributed by atoms with Gasteiger partial charge in [-0.3, -0.25) is 4.79 Å². The Morgan fingerprint density at radius 3 is 2.60 bits per heavy atom. The second-order valence-corrected chi connectivity index (χ2v) is 7.36. The number of anilines is 1. The SMILES string of the molecule is CNc1cccc(C(CC(=O)N2CCC2)S(C)(=O)=O)c1. The highest BCUT2D eigenvalue weighted by molar-refractivity contribution is 7.91. The van der Waals surface area contributed by atoms with Crippen molar-refractivity contribution in [3.8, 4) is 0 Å². The lowest BCUT2D eigenvalue weighted by Gasteiger charge is -2.32. The van der Waals surface area contributed by atoms with E-state index < -0.39 is 15.1 Å². The van der Waals surface area contributed by atoms with Crippen molar-refractivity contribution in [3.63, 3.8) is 0 Å². The van der Waals surface area contributed by atoms with Crippen LogP contribution in [0.15, 0.2) is 24.3 Å². The van der Waals surface area contributed by atoms with Crippen LogP contribution in [0.1, 0.15) is 23.7 Å². The van der Waals surface area contributed by atoms with Crippen LogP contribution in [0.4, 0.5) is 5.69 Å². The number of hydrogen-bond donors (Lipinski definition) is 1. The van der Waals surface area contributed by atoms with Gasteiger partial charge in [-0.25, -0.2) is 8.42 Å². The minimum absolute atomic E-state index is 0.0198. The van der Waals surface area contributed by atoms with E-state index >= 15 is 0 Å². The fraction of sp³-hybridized carbons (Fsp3) is 0.500. The zero-order valence-electron chi connectivity index (χ0n) is 11.8. The van der Waals surface area contributed by atoms with Gasteiger partial charge in [-0.15, -0.1) is 0 Å². The first-order chi connectivity index (χ1) is 9.41. The molecule has 1 fully saturated rings. The van der Waals surface area contributed by atoms with Crippen molar-refractivity contribution in [2.24, 2.45) is 0 Å². The van der Waals surface area contributed by atoms with Crippen molar-refractivity contribution in [3.05, 3.63) is 29.8 Å². The maximum atomic E-state index is 12.1. The lowest BCUT2D eigenvalue weighted by Crippen LogP contribution is -2.42. The number of nitrogens with zero attached hydrogens (tertiary/aromatic N) is 1. The van der Waals surface area contributed by atoms with Crippen LogP contribution in [0.3, 0.4) is 0 Å². The molecule has 1 amide bonds. The number of sulfone groups is 1. The van der Waals surface area contributed by atoms with Gasteiger partial charge in [-0.2, -0.15) is 0 Å². The third-order valence-electron chi connectivity index (χ3n) is 3.63. The number of benzene rings is 1. The van der Waals surface area contributed by atoms with Crippen molar-refractivity contribution in [1.82, 2.24) is 4.90 Å². The fourth-order valence-corrected chi connectivity index (χ4v) is 3.35. The Bertz CT molecular complexity index is 594. The van der Waals surface area contributed by atoms with E-state index in [1.54, 1.807) is 30.1 Å². The van der Waals surface area contributed by atoms with E-state index in [1.807, 2.05) is 6.07 Å². The summed E-state index contributed by atoms with van der Waals surface area (Å²) in [5.74, 6) is -0.0819. The summed E-state index contributed by atoms with van der Waals surface area (Å²) in [6, 6.07) is 7.21.